The lowest BCUT2D eigenvalue weighted by Crippen LogP contribution is -2.39. The molecule has 166 valence electrons. The second-order valence-corrected chi connectivity index (χ2v) is 9.04. The molecule has 0 spiro atoms. The number of hydrogen-bond donors (Lipinski definition) is 1. The van der Waals surface area contributed by atoms with Crippen LogP contribution in [0.25, 0.3) is 11.1 Å². The van der Waals surface area contributed by atoms with E-state index in [0.717, 1.165) is 36.3 Å². The molecule has 1 heterocycles. The fourth-order valence-electron chi connectivity index (χ4n) is 3.56. The number of carbonyl (C=O) groups is 2. The number of amides is 2. The zero-order chi connectivity index (χ0) is 22.6. The van der Waals surface area contributed by atoms with Crippen molar-refractivity contribution in [1.82, 2.24) is 10.2 Å². The van der Waals surface area contributed by atoms with Gasteiger partial charge in [0.1, 0.15) is 5.60 Å². The van der Waals surface area contributed by atoms with Crippen molar-refractivity contribution in [2.75, 3.05) is 38.1 Å². The number of hydrogen-bond acceptors (Lipinski definition) is 4. The minimum absolute atomic E-state index is 0.200. The Morgan fingerprint density at radius 3 is 2.26 bits per heavy atom. The van der Waals surface area contributed by atoms with Gasteiger partial charge in [0.15, 0.2) is 0 Å². The Labute approximate surface area is 189 Å². The van der Waals surface area contributed by atoms with Gasteiger partial charge in [0.05, 0.1) is 10.6 Å². The Bertz CT molecular complexity index is 938. The molecule has 1 aliphatic rings. The summed E-state index contributed by atoms with van der Waals surface area (Å²) in [5.74, 6) is -0.200. The van der Waals surface area contributed by atoms with Crippen molar-refractivity contribution in [2.45, 2.75) is 32.8 Å². The molecule has 0 bridgehead atoms. The first kappa shape index (κ1) is 22.9. The smallest absolute Gasteiger partial charge is 0.410 e. The molecule has 31 heavy (non-hydrogen) atoms. The Kier molecular flexibility index (Phi) is 7.11. The van der Waals surface area contributed by atoms with Crippen LogP contribution in [-0.2, 0) is 4.74 Å². The molecular formula is C24H30ClN3O3. The normalized spacial score (nSPS) is 14.7. The van der Waals surface area contributed by atoms with E-state index >= 15 is 0 Å². The van der Waals surface area contributed by atoms with Crippen LogP contribution in [-0.4, -0.2) is 55.7 Å². The van der Waals surface area contributed by atoms with E-state index in [1.54, 1.807) is 18.0 Å². The van der Waals surface area contributed by atoms with Crippen molar-refractivity contribution in [1.29, 1.82) is 0 Å². The summed E-state index contributed by atoms with van der Waals surface area (Å²) < 4.78 is 5.51. The third kappa shape index (κ3) is 5.91. The van der Waals surface area contributed by atoms with Crippen LogP contribution in [0.2, 0.25) is 5.02 Å². The second kappa shape index (κ2) is 9.60. The molecule has 1 fully saturated rings. The van der Waals surface area contributed by atoms with Crippen molar-refractivity contribution in [3.63, 3.8) is 0 Å². The van der Waals surface area contributed by atoms with Crippen LogP contribution < -0.4 is 10.2 Å². The molecule has 0 atom stereocenters. The van der Waals surface area contributed by atoms with Gasteiger partial charge in [0, 0.05) is 38.9 Å². The fourth-order valence-corrected chi connectivity index (χ4v) is 3.83. The summed E-state index contributed by atoms with van der Waals surface area (Å²) in [6.07, 6.45) is 0.638. The summed E-state index contributed by atoms with van der Waals surface area (Å²) in [6.45, 7) is 8.62. The molecule has 1 N–H and O–H groups in total. The van der Waals surface area contributed by atoms with E-state index in [1.807, 2.05) is 32.9 Å². The fraction of sp³-hybridized carbons (Fsp3) is 0.417. The van der Waals surface area contributed by atoms with Crippen LogP contribution >= 0.6 is 11.6 Å². The van der Waals surface area contributed by atoms with Gasteiger partial charge in [0.2, 0.25) is 0 Å². The third-order valence-electron chi connectivity index (χ3n) is 5.15. The Hall–Kier alpha value is -2.73. The lowest BCUT2D eigenvalue weighted by molar-refractivity contribution is 0.0263. The minimum Gasteiger partial charge on any atom is -0.444 e. The first-order valence-electron chi connectivity index (χ1n) is 10.5. The summed E-state index contributed by atoms with van der Waals surface area (Å²) in [4.78, 5) is 28.3. The summed E-state index contributed by atoms with van der Waals surface area (Å²) >= 11 is 6.29. The first-order valence-corrected chi connectivity index (χ1v) is 10.9. The molecule has 0 saturated carbocycles. The molecular weight excluding hydrogens is 414 g/mol. The number of carbonyl (C=O) groups excluding carboxylic acids is 2. The maximum Gasteiger partial charge on any atom is 0.410 e. The second-order valence-electron chi connectivity index (χ2n) is 8.63. The topological polar surface area (TPSA) is 61.9 Å². The number of halogens is 1. The van der Waals surface area contributed by atoms with Gasteiger partial charge in [-0.15, -0.1) is 0 Å². The van der Waals surface area contributed by atoms with Gasteiger partial charge < -0.3 is 19.9 Å². The number of nitrogens with one attached hydrogen (secondary N) is 1. The van der Waals surface area contributed by atoms with Crippen molar-refractivity contribution >= 4 is 29.3 Å². The molecule has 2 aromatic rings. The highest BCUT2D eigenvalue weighted by Crippen LogP contribution is 2.28. The van der Waals surface area contributed by atoms with Crippen molar-refractivity contribution in [3.8, 4) is 11.1 Å². The largest absolute Gasteiger partial charge is 0.444 e. The molecule has 3 rings (SSSR count). The van der Waals surface area contributed by atoms with E-state index in [-0.39, 0.29) is 12.0 Å². The quantitative estimate of drug-likeness (QED) is 0.739. The molecule has 7 heteroatoms. The van der Waals surface area contributed by atoms with E-state index in [2.05, 4.69) is 34.5 Å². The zero-order valence-electron chi connectivity index (χ0n) is 18.6. The molecule has 6 nitrogen and oxygen atoms in total. The zero-order valence-corrected chi connectivity index (χ0v) is 19.3. The first-order chi connectivity index (χ1) is 14.7. The van der Waals surface area contributed by atoms with E-state index in [4.69, 9.17) is 16.3 Å². The van der Waals surface area contributed by atoms with Crippen molar-refractivity contribution in [3.05, 3.63) is 53.1 Å². The molecule has 0 aromatic heterocycles. The van der Waals surface area contributed by atoms with E-state index in [1.165, 1.54) is 0 Å². The standard InChI is InChI=1S/C24H30ClN3O3/c1-24(2,3)31-23(30)28-13-5-12-27(14-15-28)19-9-6-17(7-10-19)18-8-11-20(21(25)16-18)22(29)26-4/h6-11,16H,5,12-15H2,1-4H3,(H,26,29). The number of anilines is 1. The molecule has 0 aliphatic carbocycles. The highest BCUT2D eigenvalue weighted by molar-refractivity contribution is 6.34. The lowest BCUT2D eigenvalue weighted by Gasteiger charge is -2.27. The lowest BCUT2D eigenvalue weighted by atomic mass is 10.0. The van der Waals surface area contributed by atoms with Gasteiger partial charge in [-0.2, -0.15) is 0 Å². The maximum absolute atomic E-state index is 12.4. The van der Waals surface area contributed by atoms with Crippen LogP contribution in [0.4, 0.5) is 10.5 Å². The average molecular weight is 444 g/mol. The third-order valence-corrected chi connectivity index (χ3v) is 5.47. The van der Waals surface area contributed by atoms with Gasteiger partial charge >= 0.3 is 6.09 Å². The van der Waals surface area contributed by atoms with Gasteiger partial charge in [0.25, 0.3) is 5.91 Å². The number of nitrogens with zero attached hydrogens (tertiary/aromatic N) is 2. The highest BCUT2D eigenvalue weighted by atomic mass is 35.5. The average Bonchev–Trinajstić information content (AvgIpc) is 2.98. The SMILES string of the molecule is CNC(=O)c1ccc(-c2ccc(N3CCCN(C(=O)OC(C)(C)C)CC3)cc2)cc1Cl. The summed E-state index contributed by atoms with van der Waals surface area (Å²) in [5.41, 5.74) is 3.07. The van der Waals surface area contributed by atoms with Crippen LogP contribution in [0, 0.1) is 0 Å². The van der Waals surface area contributed by atoms with E-state index in [9.17, 15) is 9.59 Å². The summed E-state index contributed by atoms with van der Waals surface area (Å²) in [5, 5.41) is 3.02. The van der Waals surface area contributed by atoms with Crippen molar-refractivity contribution in [2.24, 2.45) is 0 Å². The number of rotatable bonds is 3. The van der Waals surface area contributed by atoms with E-state index < -0.39 is 5.60 Å². The van der Waals surface area contributed by atoms with Crippen LogP contribution in [0.5, 0.6) is 0 Å². The molecule has 2 aromatic carbocycles. The Morgan fingerprint density at radius 1 is 0.968 bits per heavy atom. The summed E-state index contributed by atoms with van der Waals surface area (Å²) in [6, 6.07) is 13.7. The summed E-state index contributed by atoms with van der Waals surface area (Å²) in [7, 11) is 1.58. The van der Waals surface area contributed by atoms with Gasteiger partial charge in [-0.1, -0.05) is 29.8 Å². The predicted molar refractivity (Wildman–Crippen MR) is 125 cm³/mol. The number of ether oxygens (including phenoxy) is 1. The van der Waals surface area contributed by atoms with Gasteiger partial charge in [-0.25, -0.2) is 4.79 Å². The van der Waals surface area contributed by atoms with E-state index in [0.29, 0.717) is 23.7 Å². The monoisotopic (exact) mass is 443 g/mol. The molecule has 2 amide bonds. The van der Waals surface area contributed by atoms with Crippen LogP contribution in [0.15, 0.2) is 42.5 Å². The Morgan fingerprint density at radius 2 is 1.65 bits per heavy atom. The molecule has 1 saturated heterocycles. The minimum atomic E-state index is -0.486. The highest BCUT2D eigenvalue weighted by Gasteiger charge is 2.24. The molecule has 1 aliphatic heterocycles. The maximum atomic E-state index is 12.4. The van der Waals surface area contributed by atoms with Gasteiger partial charge in [-0.05, 0) is 62.6 Å². The van der Waals surface area contributed by atoms with Gasteiger partial charge in [-0.3, -0.25) is 4.79 Å². The van der Waals surface area contributed by atoms with Crippen molar-refractivity contribution < 1.29 is 14.3 Å². The predicted octanol–water partition coefficient (Wildman–Crippen LogP) is 4.81. The Balaban J connectivity index is 1.67. The van der Waals surface area contributed by atoms with Crippen LogP contribution in [0.3, 0.4) is 0 Å². The molecule has 0 unspecified atom stereocenters. The van der Waals surface area contributed by atoms with Crippen LogP contribution in [0.1, 0.15) is 37.6 Å². The number of benzene rings is 2. The molecule has 0 radical (unpaired) electrons.